The van der Waals surface area contributed by atoms with Crippen LogP contribution in [0.2, 0.25) is 0 Å². The van der Waals surface area contributed by atoms with E-state index in [-0.39, 0.29) is 11.8 Å². The Morgan fingerprint density at radius 2 is 2.11 bits per heavy atom. The van der Waals surface area contributed by atoms with Gasteiger partial charge in [-0.25, -0.2) is 4.79 Å². The van der Waals surface area contributed by atoms with Gasteiger partial charge in [0.15, 0.2) is 5.78 Å². The number of Topliss-reactive ketones (excluding diaryl/α,β-unsaturated/α-hetero) is 1. The number of amides is 2. The second kappa shape index (κ2) is 5.21. The molecule has 0 bridgehead atoms. The first-order chi connectivity index (χ1) is 8.65. The highest BCUT2D eigenvalue weighted by Crippen LogP contribution is 2.26. The molecule has 1 aliphatic rings. The van der Waals surface area contributed by atoms with Crippen LogP contribution in [0.1, 0.15) is 30.1 Å². The van der Waals surface area contributed by atoms with E-state index in [0.717, 1.165) is 12.1 Å². The van der Waals surface area contributed by atoms with Crippen molar-refractivity contribution in [3.63, 3.8) is 0 Å². The molecule has 0 aliphatic carbocycles. The molecule has 0 saturated heterocycles. The maximum absolute atomic E-state index is 12.3. The van der Waals surface area contributed by atoms with Gasteiger partial charge in [0.25, 0.3) is 0 Å². The number of anilines is 1. The smallest absolute Gasteiger partial charge is 0.324 e. The third kappa shape index (κ3) is 2.23. The number of carbonyl (C=O) groups is 2. The molecule has 1 heterocycles. The Hall–Kier alpha value is -1.84. The standard InChI is InChI=1S/C14H18N2O2/c1-3-15(2)14(18)16-10-6-9-13(17)11-7-4-5-8-12(11)16/h4-5,7-8H,3,6,9-10H2,1-2H3. The van der Waals surface area contributed by atoms with E-state index in [1.54, 1.807) is 22.9 Å². The summed E-state index contributed by atoms with van der Waals surface area (Å²) in [6, 6.07) is 7.31. The first kappa shape index (κ1) is 12.6. The number of nitrogens with zero attached hydrogens (tertiary/aromatic N) is 2. The largest absolute Gasteiger partial charge is 0.328 e. The van der Waals surface area contributed by atoms with Gasteiger partial charge in [-0.15, -0.1) is 0 Å². The summed E-state index contributed by atoms with van der Waals surface area (Å²) in [6.45, 7) is 3.20. The second-order valence-electron chi connectivity index (χ2n) is 4.49. The summed E-state index contributed by atoms with van der Waals surface area (Å²) in [5.41, 5.74) is 1.40. The lowest BCUT2D eigenvalue weighted by atomic mass is 10.1. The lowest BCUT2D eigenvalue weighted by molar-refractivity contribution is 0.0983. The maximum atomic E-state index is 12.3. The third-order valence-corrected chi connectivity index (χ3v) is 3.31. The van der Waals surface area contributed by atoms with Gasteiger partial charge in [-0.1, -0.05) is 12.1 Å². The highest BCUT2D eigenvalue weighted by Gasteiger charge is 2.26. The summed E-state index contributed by atoms with van der Waals surface area (Å²) in [6.07, 6.45) is 1.23. The van der Waals surface area contributed by atoms with E-state index in [1.165, 1.54) is 0 Å². The number of hydrogen-bond acceptors (Lipinski definition) is 2. The first-order valence-corrected chi connectivity index (χ1v) is 6.30. The van der Waals surface area contributed by atoms with Crippen molar-refractivity contribution in [3.05, 3.63) is 29.8 Å². The molecule has 2 amide bonds. The molecule has 0 N–H and O–H groups in total. The molecule has 4 heteroatoms. The minimum atomic E-state index is -0.0420. The predicted octanol–water partition coefficient (Wildman–Crippen LogP) is 2.54. The van der Waals surface area contributed by atoms with Crippen molar-refractivity contribution in [1.82, 2.24) is 4.90 Å². The highest BCUT2D eigenvalue weighted by atomic mass is 16.2. The van der Waals surface area contributed by atoms with Crippen LogP contribution in [0.15, 0.2) is 24.3 Å². The van der Waals surface area contributed by atoms with Crippen molar-refractivity contribution >= 4 is 17.5 Å². The number of rotatable bonds is 1. The van der Waals surface area contributed by atoms with Crippen molar-refractivity contribution in [2.45, 2.75) is 19.8 Å². The Morgan fingerprint density at radius 1 is 1.39 bits per heavy atom. The molecule has 1 aromatic rings. The Labute approximate surface area is 107 Å². The average molecular weight is 246 g/mol. The van der Waals surface area contributed by atoms with Crippen LogP contribution in [0.3, 0.4) is 0 Å². The fraction of sp³-hybridized carbons (Fsp3) is 0.429. The summed E-state index contributed by atoms with van der Waals surface area (Å²) in [5, 5.41) is 0. The quantitative estimate of drug-likeness (QED) is 0.764. The number of benzene rings is 1. The lowest BCUT2D eigenvalue weighted by Crippen LogP contribution is -2.41. The minimum absolute atomic E-state index is 0.0420. The molecule has 0 unspecified atom stereocenters. The van der Waals surface area contributed by atoms with E-state index in [2.05, 4.69) is 0 Å². The average Bonchev–Trinajstić information content (AvgIpc) is 2.57. The number of fused-ring (bicyclic) bond motifs is 1. The van der Waals surface area contributed by atoms with E-state index >= 15 is 0 Å². The maximum Gasteiger partial charge on any atom is 0.324 e. The van der Waals surface area contributed by atoms with Gasteiger partial charge in [0.1, 0.15) is 0 Å². The molecule has 0 spiro atoms. The minimum Gasteiger partial charge on any atom is -0.328 e. The van der Waals surface area contributed by atoms with Gasteiger partial charge in [-0.3, -0.25) is 9.69 Å². The molecule has 0 radical (unpaired) electrons. The molecule has 18 heavy (non-hydrogen) atoms. The summed E-state index contributed by atoms with van der Waals surface area (Å²) >= 11 is 0. The van der Waals surface area contributed by atoms with Gasteiger partial charge in [0.2, 0.25) is 0 Å². The van der Waals surface area contributed by atoms with E-state index in [4.69, 9.17) is 0 Å². The molecule has 1 aliphatic heterocycles. The molecule has 1 aromatic carbocycles. The molecule has 0 atom stereocenters. The van der Waals surface area contributed by atoms with Gasteiger partial charge in [0, 0.05) is 32.1 Å². The van der Waals surface area contributed by atoms with E-state index in [1.807, 2.05) is 25.1 Å². The van der Waals surface area contributed by atoms with E-state index in [9.17, 15) is 9.59 Å². The summed E-state index contributed by atoms with van der Waals surface area (Å²) in [4.78, 5) is 27.6. The number of hydrogen-bond donors (Lipinski definition) is 0. The summed E-state index contributed by atoms with van der Waals surface area (Å²) in [5.74, 6) is 0.125. The Morgan fingerprint density at radius 3 is 2.83 bits per heavy atom. The van der Waals surface area contributed by atoms with Crippen molar-refractivity contribution in [3.8, 4) is 0 Å². The van der Waals surface area contributed by atoms with Crippen molar-refractivity contribution < 1.29 is 9.59 Å². The predicted molar refractivity (Wildman–Crippen MR) is 71.1 cm³/mol. The number of ketones is 1. The topological polar surface area (TPSA) is 40.6 Å². The number of para-hydroxylation sites is 1. The Kier molecular flexibility index (Phi) is 3.65. The van der Waals surface area contributed by atoms with Gasteiger partial charge >= 0.3 is 6.03 Å². The first-order valence-electron chi connectivity index (χ1n) is 6.30. The van der Waals surface area contributed by atoms with Crippen LogP contribution < -0.4 is 4.90 Å². The summed E-state index contributed by atoms with van der Waals surface area (Å²) in [7, 11) is 1.78. The van der Waals surface area contributed by atoms with Gasteiger partial charge in [-0.05, 0) is 25.5 Å². The Balaban J connectivity index is 2.40. The highest BCUT2D eigenvalue weighted by molar-refractivity contribution is 6.06. The lowest BCUT2D eigenvalue weighted by Gasteiger charge is -2.27. The zero-order valence-corrected chi connectivity index (χ0v) is 10.8. The Bertz CT molecular complexity index is 471. The van der Waals surface area contributed by atoms with Gasteiger partial charge in [0.05, 0.1) is 5.69 Å². The van der Waals surface area contributed by atoms with Gasteiger partial charge in [-0.2, -0.15) is 0 Å². The van der Waals surface area contributed by atoms with Crippen LogP contribution >= 0.6 is 0 Å². The van der Waals surface area contributed by atoms with Crippen molar-refractivity contribution in [1.29, 1.82) is 0 Å². The van der Waals surface area contributed by atoms with Crippen LogP contribution in [0.5, 0.6) is 0 Å². The SMILES string of the molecule is CCN(C)C(=O)N1CCCC(=O)c2ccccc21. The molecule has 0 saturated carbocycles. The fourth-order valence-electron chi connectivity index (χ4n) is 2.14. The number of urea groups is 1. The van der Waals surface area contributed by atoms with Crippen LogP contribution in [0, 0.1) is 0 Å². The van der Waals surface area contributed by atoms with Crippen LogP contribution in [-0.4, -0.2) is 36.9 Å². The molecule has 0 aromatic heterocycles. The molecular formula is C14H18N2O2. The third-order valence-electron chi connectivity index (χ3n) is 3.31. The zero-order valence-electron chi connectivity index (χ0n) is 10.8. The molecular weight excluding hydrogens is 228 g/mol. The van der Waals surface area contributed by atoms with E-state index in [0.29, 0.717) is 25.1 Å². The van der Waals surface area contributed by atoms with Gasteiger partial charge < -0.3 is 4.90 Å². The number of carbonyl (C=O) groups excluding carboxylic acids is 2. The molecule has 2 rings (SSSR count). The second-order valence-corrected chi connectivity index (χ2v) is 4.49. The molecule has 4 nitrogen and oxygen atoms in total. The van der Waals surface area contributed by atoms with Crippen molar-refractivity contribution in [2.24, 2.45) is 0 Å². The van der Waals surface area contributed by atoms with Crippen LogP contribution in [0.4, 0.5) is 10.5 Å². The van der Waals surface area contributed by atoms with Crippen LogP contribution in [-0.2, 0) is 0 Å². The van der Waals surface area contributed by atoms with Crippen molar-refractivity contribution in [2.75, 3.05) is 25.0 Å². The zero-order chi connectivity index (χ0) is 13.1. The fourth-order valence-corrected chi connectivity index (χ4v) is 2.14. The van der Waals surface area contributed by atoms with E-state index < -0.39 is 0 Å². The normalized spacial score (nSPS) is 15.0. The van der Waals surface area contributed by atoms with Crippen LogP contribution in [0.25, 0.3) is 0 Å². The molecule has 96 valence electrons. The molecule has 0 fully saturated rings. The monoisotopic (exact) mass is 246 g/mol. The summed E-state index contributed by atoms with van der Waals surface area (Å²) < 4.78 is 0.